The highest BCUT2D eigenvalue weighted by Crippen LogP contribution is 2.25. The molecule has 2 aromatic carbocycles. The van der Waals surface area contributed by atoms with Gasteiger partial charge in [0.15, 0.2) is 0 Å². The van der Waals surface area contributed by atoms with Crippen LogP contribution in [-0.2, 0) is 21.2 Å². The molecule has 0 aromatic heterocycles. The van der Waals surface area contributed by atoms with E-state index in [1.165, 1.54) is 5.56 Å². The van der Waals surface area contributed by atoms with Crippen LogP contribution < -0.4 is 4.72 Å². The van der Waals surface area contributed by atoms with Crippen molar-refractivity contribution >= 4 is 33.2 Å². The lowest BCUT2D eigenvalue weighted by molar-refractivity contribution is 0.565. The van der Waals surface area contributed by atoms with Crippen molar-refractivity contribution in [3.63, 3.8) is 0 Å². The molecule has 1 N–H and O–H groups in total. The van der Waals surface area contributed by atoms with Gasteiger partial charge >= 0.3 is 0 Å². The first-order valence-corrected chi connectivity index (χ1v) is 10.4. The number of benzene rings is 2. The second-order valence-corrected chi connectivity index (χ2v) is 9.79. The molecule has 0 aliphatic carbocycles. The van der Waals surface area contributed by atoms with Gasteiger partial charge in [0.2, 0.25) is 10.0 Å². The number of sulfonamides is 1. The summed E-state index contributed by atoms with van der Waals surface area (Å²) in [4.78, 5) is 0. The Bertz CT molecular complexity index is 841. The average Bonchev–Trinajstić information content (AvgIpc) is 2.49. The molecule has 1 unspecified atom stereocenters. The van der Waals surface area contributed by atoms with Crippen LogP contribution in [0.5, 0.6) is 0 Å². The Morgan fingerprint density at radius 2 is 1.60 bits per heavy atom. The summed E-state index contributed by atoms with van der Waals surface area (Å²) in [7, 11) is -3.50. The predicted molar refractivity (Wildman–Crippen MR) is 106 cm³/mol. The summed E-state index contributed by atoms with van der Waals surface area (Å²) in [6.45, 7) is 8.26. The summed E-state index contributed by atoms with van der Waals surface area (Å²) in [6, 6.07) is 12.5. The number of nitrogens with one attached hydrogen (secondary N) is 1. The second-order valence-electron chi connectivity index (χ2n) is 7.22. The fourth-order valence-corrected chi connectivity index (χ4v) is 4.20. The Hall–Kier alpha value is -1.07. The molecule has 25 heavy (non-hydrogen) atoms. The van der Waals surface area contributed by atoms with Gasteiger partial charge in [-0.2, -0.15) is 0 Å². The summed E-state index contributed by atoms with van der Waals surface area (Å²) in [6.07, 6.45) is 0. The first kappa shape index (κ1) is 20.2. The maximum Gasteiger partial charge on any atom is 0.216 e. The van der Waals surface area contributed by atoms with Gasteiger partial charge < -0.3 is 0 Å². The van der Waals surface area contributed by atoms with E-state index in [4.69, 9.17) is 23.2 Å². The van der Waals surface area contributed by atoms with Crippen LogP contribution in [0.2, 0.25) is 10.0 Å². The van der Waals surface area contributed by atoms with E-state index in [1.807, 2.05) is 31.2 Å². The van der Waals surface area contributed by atoms with E-state index in [0.717, 1.165) is 5.56 Å². The topological polar surface area (TPSA) is 46.2 Å². The monoisotopic (exact) mass is 399 g/mol. The molecule has 0 heterocycles. The van der Waals surface area contributed by atoms with E-state index in [1.54, 1.807) is 18.2 Å². The van der Waals surface area contributed by atoms with Gasteiger partial charge in [-0.05, 0) is 41.2 Å². The normalized spacial score (nSPS) is 13.7. The molecule has 0 amide bonds. The minimum Gasteiger partial charge on any atom is -0.212 e. The molecular formula is C19H23Cl2NO2S. The van der Waals surface area contributed by atoms with Gasteiger partial charge in [-0.1, -0.05) is 74.3 Å². The zero-order valence-electron chi connectivity index (χ0n) is 14.8. The standard InChI is InChI=1S/C19H23Cl2NO2S/c1-13(15-6-8-16(9-7-15)19(2,3)4)22-25(23,24)12-14-5-10-17(20)18(21)11-14/h5-11,13,22H,12H2,1-4H3. The highest BCUT2D eigenvalue weighted by Gasteiger charge is 2.18. The van der Waals surface area contributed by atoms with Gasteiger partial charge in [0.1, 0.15) is 0 Å². The summed E-state index contributed by atoms with van der Waals surface area (Å²) in [5.41, 5.74) is 2.79. The van der Waals surface area contributed by atoms with Crippen LogP contribution in [0, 0.1) is 0 Å². The van der Waals surface area contributed by atoms with Crippen molar-refractivity contribution in [1.82, 2.24) is 4.72 Å². The van der Waals surface area contributed by atoms with E-state index in [-0.39, 0.29) is 17.2 Å². The van der Waals surface area contributed by atoms with Crippen LogP contribution >= 0.6 is 23.2 Å². The fraction of sp³-hybridized carbons (Fsp3) is 0.368. The zero-order valence-corrected chi connectivity index (χ0v) is 17.1. The number of rotatable bonds is 5. The Morgan fingerprint density at radius 1 is 1.00 bits per heavy atom. The average molecular weight is 400 g/mol. The molecule has 2 rings (SSSR count). The molecule has 136 valence electrons. The van der Waals surface area contributed by atoms with E-state index in [2.05, 4.69) is 25.5 Å². The molecule has 0 fully saturated rings. The Morgan fingerprint density at radius 3 is 2.12 bits per heavy atom. The minimum absolute atomic E-state index is 0.0646. The quantitative estimate of drug-likeness (QED) is 0.723. The van der Waals surface area contributed by atoms with E-state index in [0.29, 0.717) is 15.6 Å². The Balaban J connectivity index is 2.10. The first-order valence-electron chi connectivity index (χ1n) is 8.02. The van der Waals surface area contributed by atoms with Crippen molar-refractivity contribution in [1.29, 1.82) is 0 Å². The SMILES string of the molecule is CC(NS(=O)(=O)Cc1ccc(Cl)c(Cl)c1)c1ccc(C(C)(C)C)cc1. The van der Waals surface area contributed by atoms with Crippen molar-refractivity contribution in [2.24, 2.45) is 0 Å². The first-order chi connectivity index (χ1) is 11.5. The highest BCUT2D eigenvalue weighted by molar-refractivity contribution is 7.88. The Labute approximate surface area is 160 Å². The van der Waals surface area contributed by atoms with Gasteiger partial charge in [-0.25, -0.2) is 13.1 Å². The molecule has 0 saturated carbocycles. The maximum atomic E-state index is 12.4. The van der Waals surface area contributed by atoms with Crippen LogP contribution in [0.15, 0.2) is 42.5 Å². The summed E-state index contributed by atoms with van der Waals surface area (Å²) in [5, 5.41) is 0.753. The van der Waals surface area contributed by atoms with Gasteiger partial charge in [-0.15, -0.1) is 0 Å². The molecule has 1 atom stereocenters. The van der Waals surface area contributed by atoms with Crippen LogP contribution in [-0.4, -0.2) is 8.42 Å². The third-order valence-corrected chi connectivity index (χ3v) is 6.14. The molecule has 6 heteroatoms. The van der Waals surface area contributed by atoms with Crippen molar-refractivity contribution < 1.29 is 8.42 Å². The number of hydrogen-bond acceptors (Lipinski definition) is 2. The second kappa shape index (κ2) is 7.67. The lowest BCUT2D eigenvalue weighted by Gasteiger charge is -2.20. The number of hydrogen-bond donors (Lipinski definition) is 1. The molecule has 0 bridgehead atoms. The predicted octanol–water partition coefficient (Wildman–Crippen LogP) is 5.47. The minimum atomic E-state index is -3.50. The molecule has 0 aliphatic heterocycles. The molecule has 2 aromatic rings. The van der Waals surface area contributed by atoms with E-state index in [9.17, 15) is 8.42 Å². The van der Waals surface area contributed by atoms with E-state index >= 15 is 0 Å². The van der Waals surface area contributed by atoms with Crippen LogP contribution in [0.25, 0.3) is 0 Å². The Kier molecular flexibility index (Phi) is 6.21. The van der Waals surface area contributed by atoms with Crippen molar-refractivity contribution in [3.05, 3.63) is 69.2 Å². The van der Waals surface area contributed by atoms with Crippen LogP contribution in [0.3, 0.4) is 0 Å². The fourth-order valence-electron chi connectivity index (χ4n) is 2.50. The smallest absolute Gasteiger partial charge is 0.212 e. The third-order valence-electron chi connectivity index (χ3n) is 3.97. The highest BCUT2D eigenvalue weighted by atomic mass is 35.5. The zero-order chi connectivity index (χ0) is 18.8. The number of halogens is 2. The van der Waals surface area contributed by atoms with Gasteiger partial charge in [-0.3, -0.25) is 0 Å². The molecule has 0 radical (unpaired) electrons. The summed E-state index contributed by atoms with van der Waals surface area (Å²) >= 11 is 11.8. The van der Waals surface area contributed by atoms with Gasteiger partial charge in [0.05, 0.1) is 15.8 Å². The third kappa shape index (κ3) is 5.71. The van der Waals surface area contributed by atoms with Crippen molar-refractivity contribution in [3.8, 4) is 0 Å². The molecular weight excluding hydrogens is 377 g/mol. The maximum absolute atomic E-state index is 12.4. The van der Waals surface area contributed by atoms with Crippen molar-refractivity contribution in [2.45, 2.75) is 44.9 Å². The van der Waals surface area contributed by atoms with Gasteiger partial charge in [0.25, 0.3) is 0 Å². The molecule has 0 saturated heterocycles. The van der Waals surface area contributed by atoms with Crippen LogP contribution in [0.1, 0.15) is 50.4 Å². The lowest BCUT2D eigenvalue weighted by atomic mass is 9.86. The molecule has 0 aliphatic rings. The van der Waals surface area contributed by atoms with Crippen LogP contribution in [0.4, 0.5) is 0 Å². The van der Waals surface area contributed by atoms with E-state index < -0.39 is 10.0 Å². The lowest BCUT2D eigenvalue weighted by Crippen LogP contribution is -2.28. The summed E-state index contributed by atoms with van der Waals surface area (Å²) in [5.74, 6) is -0.145. The summed E-state index contributed by atoms with van der Waals surface area (Å²) < 4.78 is 27.5. The van der Waals surface area contributed by atoms with Crippen molar-refractivity contribution in [2.75, 3.05) is 0 Å². The molecule has 0 spiro atoms. The molecule has 3 nitrogen and oxygen atoms in total. The largest absolute Gasteiger partial charge is 0.216 e. The van der Waals surface area contributed by atoms with Gasteiger partial charge in [0, 0.05) is 6.04 Å².